The van der Waals surface area contributed by atoms with E-state index < -0.39 is 6.03 Å². The van der Waals surface area contributed by atoms with E-state index in [1.165, 1.54) is 108 Å². The van der Waals surface area contributed by atoms with Crippen LogP contribution in [-0.4, -0.2) is 42.6 Å². The minimum absolute atomic E-state index is 0. The van der Waals surface area contributed by atoms with Crippen LogP contribution >= 0.6 is 17.0 Å². The predicted molar refractivity (Wildman–Crippen MR) is 139 cm³/mol. The highest BCUT2D eigenvalue weighted by Crippen LogP contribution is 2.18. The number of carbonyl (C=O) groups is 2. The lowest BCUT2D eigenvalue weighted by Gasteiger charge is -2.39. The van der Waals surface area contributed by atoms with Crippen molar-refractivity contribution in [2.45, 2.75) is 117 Å². The van der Waals surface area contributed by atoms with Crippen LogP contribution in [-0.2, 0) is 4.79 Å². The van der Waals surface area contributed by atoms with E-state index >= 15 is 0 Å². The number of rotatable bonds is 20. The molecule has 0 bridgehead atoms. The Balaban J connectivity index is -0.00000143. The number of halogens is 1. The molecule has 31 heavy (non-hydrogen) atoms. The van der Waals surface area contributed by atoms with Gasteiger partial charge in [0.25, 0.3) is 0 Å². The van der Waals surface area contributed by atoms with Crippen LogP contribution in [0, 0.1) is 0 Å². The van der Waals surface area contributed by atoms with Crippen molar-refractivity contribution in [1.29, 1.82) is 0 Å². The number of hydrogen-bond acceptors (Lipinski definition) is 2. The number of unbranched alkanes of at least 4 members (excludes halogenated alkanes) is 10. The highest BCUT2D eigenvalue weighted by atomic mass is 79.9. The molecule has 0 saturated heterocycles. The summed E-state index contributed by atoms with van der Waals surface area (Å²) in [5, 5.41) is 0. The Hall–Kier alpha value is -0.820. The van der Waals surface area contributed by atoms with Crippen LogP contribution in [0.25, 0.3) is 0 Å². The fraction of sp³-hybridized carbons (Fsp3) is 0.917. The summed E-state index contributed by atoms with van der Waals surface area (Å²) in [4.78, 5) is 19.7. The van der Waals surface area contributed by atoms with Crippen LogP contribution in [0.4, 0.5) is 4.79 Å². The van der Waals surface area contributed by atoms with Gasteiger partial charge in [0, 0.05) is 6.42 Å². The maximum atomic E-state index is 10.7. The summed E-state index contributed by atoms with van der Waals surface area (Å²) in [6.45, 7) is 12.6. The zero-order chi connectivity index (χ0) is 23.1. The van der Waals surface area contributed by atoms with E-state index in [-0.39, 0.29) is 22.9 Å². The normalized spacial score (nSPS) is 10.7. The summed E-state index contributed by atoms with van der Waals surface area (Å²) in [5.41, 5.74) is 13.7. The first-order chi connectivity index (χ1) is 14.3. The fourth-order valence-corrected chi connectivity index (χ4v) is 3.96. The molecule has 0 aliphatic rings. The summed E-state index contributed by atoms with van der Waals surface area (Å²) in [6.07, 6.45) is 19.0. The Morgan fingerprint density at radius 1 is 0.548 bits per heavy atom. The van der Waals surface area contributed by atoms with Crippen LogP contribution in [0.15, 0.2) is 0 Å². The molecule has 0 aromatic rings. The van der Waals surface area contributed by atoms with Crippen LogP contribution in [0.1, 0.15) is 117 Å². The molecule has 0 saturated carbocycles. The van der Waals surface area contributed by atoms with E-state index in [2.05, 4.69) is 32.2 Å². The van der Waals surface area contributed by atoms with Gasteiger partial charge in [0.1, 0.15) is 0 Å². The van der Waals surface area contributed by atoms with Crippen molar-refractivity contribution < 1.29 is 14.1 Å². The van der Waals surface area contributed by atoms with Crippen molar-refractivity contribution >= 4 is 28.9 Å². The summed E-state index contributed by atoms with van der Waals surface area (Å²) < 4.78 is 1.39. The topological polar surface area (TPSA) is 112 Å². The van der Waals surface area contributed by atoms with Crippen molar-refractivity contribution in [3.8, 4) is 0 Å². The molecule has 0 aliphatic carbocycles. The van der Waals surface area contributed by atoms with E-state index in [4.69, 9.17) is 10.5 Å². The largest absolute Gasteiger partial charge is 0.370 e. The number of carbonyl (C=O) groups excluding carboxylic acids is 2. The molecule has 0 aliphatic heterocycles. The maximum Gasteiger partial charge on any atom is 0.309 e. The van der Waals surface area contributed by atoms with Gasteiger partial charge in [-0.05, 0) is 38.5 Å². The zero-order valence-electron chi connectivity index (χ0n) is 20.8. The van der Waals surface area contributed by atoms with Gasteiger partial charge in [0.2, 0.25) is 5.91 Å². The Labute approximate surface area is 203 Å². The van der Waals surface area contributed by atoms with Gasteiger partial charge in [0.05, 0.1) is 26.2 Å². The number of nitrogens with two attached hydrogens (primary N) is 3. The number of hydrogen-bond donors (Lipinski definition) is 3. The standard InChI is InChI=1S/C23H48N2O.CH4N2O.BrH/c1-4-7-19-25(20-8-5-2,21-9-6-3)22-17-15-13-11-10-12-14-16-18-23(24)26;2-1(3)4;/h4-22H2,1-3H3,(H-,24,26);(H4,2,3,4);1H/p+1. The van der Waals surface area contributed by atoms with Gasteiger partial charge >= 0.3 is 6.03 Å². The maximum absolute atomic E-state index is 10.7. The summed E-state index contributed by atoms with van der Waals surface area (Å²) in [7, 11) is 0. The third-order valence-corrected chi connectivity index (χ3v) is 5.76. The first-order valence-electron chi connectivity index (χ1n) is 12.5. The summed E-state index contributed by atoms with van der Waals surface area (Å²) in [5.74, 6) is -0.152. The van der Waals surface area contributed by atoms with Crippen LogP contribution in [0.5, 0.6) is 0 Å². The summed E-state index contributed by atoms with van der Waals surface area (Å²) >= 11 is 0. The van der Waals surface area contributed by atoms with Crippen molar-refractivity contribution in [2.24, 2.45) is 17.2 Å². The molecule has 0 unspecified atom stereocenters. The minimum Gasteiger partial charge on any atom is -0.370 e. The van der Waals surface area contributed by atoms with Crippen molar-refractivity contribution in [1.82, 2.24) is 0 Å². The molecular weight excluding hydrogens is 456 g/mol. The average molecular weight is 511 g/mol. The predicted octanol–water partition coefficient (Wildman–Crippen LogP) is 5.80. The summed E-state index contributed by atoms with van der Waals surface area (Å²) in [6, 6.07) is -0.833. The highest BCUT2D eigenvalue weighted by Gasteiger charge is 2.24. The highest BCUT2D eigenvalue weighted by molar-refractivity contribution is 8.93. The molecule has 0 aromatic carbocycles. The Morgan fingerprint density at radius 3 is 1.16 bits per heavy atom. The number of urea groups is 1. The number of quaternary nitrogens is 1. The van der Waals surface area contributed by atoms with Gasteiger partial charge < -0.3 is 21.7 Å². The Morgan fingerprint density at radius 2 is 0.839 bits per heavy atom. The van der Waals surface area contributed by atoms with Crippen molar-refractivity contribution in [2.75, 3.05) is 26.2 Å². The third-order valence-electron chi connectivity index (χ3n) is 5.76. The molecule has 3 amide bonds. The molecule has 0 radical (unpaired) electrons. The molecule has 6 nitrogen and oxygen atoms in total. The molecule has 6 N–H and O–H groups in total. The minimum atomic E-state index is -0.833. The van der Waals surface area contributed by atoms with E-state index in [0.29, 0.717) is 6.42 Å². The molecule has 7 heteroatoms. The first-order valence-corrected chi connectivity index (χ1v) is 12.5. The Bertz CT molecular complexity index is 383. The first kappa shape index (κ1) is 34.8. The molecule has 0 rings (SSSR count). The van der Waals surface area contributed by atoms with Crippen molar-refractivity contribution in [3.05, 3.63) is 0 Å². The molecule has 0 spiro atoms. The van der Waals surface area contributed by atoms with Gasteiger partial charge in [0.15, 0.2) is 0 Å². The van der Waals surface area contributed by atoms with E-state index in [9.17, 15) is 4.79 Å². The van der Waals surface area contributed by atoms with Crippen LogP contribution in [0.2, 0.25) is 0 Å². The van der Waals surface area contributed by atoms with Gasteiger partial charge in [-0.3, -0.25) is 4.79 Å². The SMILES string of the molecule is Br.CCCC[N+](CCCC)(CCCC)CCCCCCCCCCC(N)=O.NC(N)=O. The van der Waals surface area contributed by atoms with Crippen LogP contribution in [0.3, 0.4) is 0 Å². The quantitative estimate of drug-likeness (QED) is 0.142. The monoisotopic (exact) mass is 509 g/mol. The number of nitrogens with zero attached hydrogens (tertiary/aromatic N) is 1. The lowest BCUT2D eigenvalue weighted by molar-refractivity contribution is -0.929. The molecule has 0 atom stereocenters. The Kier molecular flexibility index (Phi) is 28.5. The second-order valence-electron chi connectivity index (χ2n) is 8.74. The number of amides is 3. The third kappa shape index (κ3) is 27.1. The van der Waals surface area contributed by atoms with Crippen LogP contribution < -0.4 is 17.2 Å². The second-order valence-corrected chi connectivity index (χ2v) is 8.74. The van der Waals surface area contributed by atoms with E-state index in [0.717, 1.165) is 12.8 Å². The van der Waals surface area contributed by atoms with E-state index in [1.54, 1.807) is 0 Å². The molecule has 188 valence electrons. The second kappa shape index (κ2) is 25.4. The zero-order valence-corrected chi connectivity index (χ0v) is 22.6. The van der Waals surface area contributed by atoms with Gasteiger partial charge in [-0.2, -0.15) is 0 Å². The molecule has 0 aromatic heterocycles. The smallest absolute Gasteiger partial charge is 0.309 e. The fourth-order valence-electron chi connectivity index (χ4n) is 3.96. The average Bonchev–Trinajstić information content (AvgIpc) is 2.69. The van der Waals surface area contributed by atoms with Gasteiger partial charge in [-0.15, -0.1) is 17.0 Å². The lowest BCUT2D eigenvalue weighted by atomic mass is 10.1. The van der Waals surface area contributed by atoms with Gasteiger partial charge in [-0.25, -0.2) is 4.79 Å². The molecule has 0 fully saturated rings. The van der Waals surface area contributed by atoms with Gasteiger partial charge in [-0.1, -0.05) is 72.1 Å². The van der Waals surface area contributed by atoms with Crippen molar-refractivity contribution in [3.63, 3.8) is 0 Å². The molecular formula is C24H54BrN4O2+. The lowest BCUT2D eigenvalue weighted by Crippen LogP contribution is -2.50. The van der Waals surface area contributed by atoms with E-state index in [1.807, 2.05) is 0 Å². The number of primary amides is 3. The molecule has 0 heterocycles.